The van der Waals surface area contributed by atoms with E-state index < -0.39 is 0 Å². The smallest absolute Gasteiger partial charge is 0.258 e. The zero-order valence-corrected chi connectivity index (χ0v) is 10.0. The molecule has 0 saturated carbocycles. The van der Waals surface area contributed by atoms with Gasteiger partial charge < -0.3 is 4.90 Å². The van der Waals surface area contributed by atoms with Crippen LogP contribution in [0, 0.1) is 26.2 Å². The van der Waals surface area contributed by atoms with Crippen molar-refractivity contribution < 1.29 is 4.79 Å². The molecule has 1 aromatic rings. The second-order valence-corrected chi connectivity index (χ2v) is 3.74. The van der Waals surface area contributed by atoms with Crippen molar-refractivity contribution in [2.75, 3.05) is 13.1 Å². The van der Waals surface area contributed by atoms with Gasteiger partial charge in [0, 0.05) is 12.2 Å². The van der Waals surface area contributed by atoms with Gasteiger partial charge in [0.2, 0.25) is 0 Å². The van der Waals surface area contributed by atoms with Crippen LogP contribution in [0.1, 0.15) is 35.1 Å². The van der Waals surface area contributed by atoms with Crippen molar-refractivity contribution in [2.45, 2.75) is 27.2 Å². The normalized spacial score (nSPS) is 9.88. The molecular weight excluding hydrogens is 202 g/mol. The van der Waals surface area contributed by atoms with E-state index in [-0.39, 0.29) is 5.91 Å². The number of hydrogen-bond acceptors (Lipinski definition) is 2. The number of aryl methyl sites for hydroxylation is 2. The number of nitrogens with zero attached hydrogens (tertiary/aromatic N) is 2. The first kappa shape index (κ1) is 12.3. The maximum atomic E-state index is 12.2. The fourth-order valence-corrected chi connectivity index (χ4v) is 1.66. The maximum absolute atomic E-state index is 12.2. The molecule has 0 aromatic carbocycles. The van der Waals surface area contributed by atoms with Gasteiger partial charge in [-0.05, 0) is 20.3 Å². The fourth-order valence-electron chi connectivity index (χ4n) is 1.66. The lowest BCUT2D eigenvalue weighted by atomic mass is 10.1. The van der Waals surface area contributed by atoms with Gasteiger partial charge in [0.15, 0.2) is 0 Å². The molecule has 0 aliphatic heterocycles. The third-order valence-corrected chi connectivity index (χ3v) is 2.40. The van der Waals surface area contributed by atoms with Crippen molar-refractivity contribution in [3.8, 4) is 12.3 Å². The Labute approximate surface area is 96.0 Å². The summed E-state index contributed by atoms with van der Waals surface area (Å²) in [5, 5.41) is 6.82. The van der Waals surface area contributed by atoms with E-state index in [0.29, 0.717) is 18.7 Å². The van der Waals surface area contributed by atoms with Crippen LogP contribution < -0.4 is 0 Å². The van der Waals surface area contributed by atoms with E-state index in [9.17, 15) is 4.79 Å². The number of aromatic nitrogens is 2. The Kier molecular flexibility index (Phi) is 4.12. The number of amides is 1. The van der Waals surface area contributed by atoms with Crippen molar-refractivity contribution in [1.29, 1.82) is 0 Å². The summed E-state index contributed by atoms with van der Waals surface area (Å²) in [6, 6.07) is 0. The Morgan fingerprint density at radius 1 is 1.56 bits per heavy atom. The van der Waals surface area contributed by atoms with E-state index in [4.69, 9.17) is 6.42 Å². The highest BCUT2D eigenvalue weighted by Gasteiger charge is 2.20. The largest absolute Gasteiger partial charge is 0.327 e. The lowest BCUT2D eigenvalue weighted by molar-refractivity contribution is 0.0775. The number of nitrogens with one attached hydrogen (secondary N) is 1. The van der Waals surface area contributed by atoms with Crippen LogP contribution in [-0.2, 0) is 0 Å². The number of hydrogen-bond donors (Lipinski definition) is 1. The number of carbonyl (C=O) groups is 1. The van der Waals surface area contributed by atoms with Gasteiger partial charge in [-0.2, -0.15) is 5.10 Å². The van der Waals surface area contributed by atoms with Crippen molar-refractivity contribution in [1.82, 2.24) is 15.1 Å². The number of carbonyl (C=O) groups excluding carboxylic acids is 1. The van der Waals surface area contributed by atoms with E-state index in [2.05, 4.69) is 16.1 Å². The minimum Gasteiger partial charge on any atom is -0.327 e. The third-order valence-electron chi connectivity index (χ3n) is 2.40. The molecule has 4 nitrogen and oxygen atoms in total. The van der Waals surface area contributed by atoms with Crippen LogP contribution in [-0.4, -0.2) is 34.1 Å². The van der Waals surface area contributed by atoms with E-state index in [0.717, 1.165) is 17.8 Å². The zero-order valence-electron chi connectivity index (χ0n) is 10.0. The highest BCUT2D eigenvalue weighted by atomic mass is 16.2. The van der Waals surface area contributed by atoms with Crippen molar-refractivity contribution in [3.63, 3.8) is 0 Å². The second-order valence-electron chi connectivity index (χ2n) is 3.74. The summed E-state index contributed by atoms with van der Waals surface area (Å²) in [7, 11) is 0. The number of terminal acetylenes is 1. The zero-order chi connectivity index (χ0) is 12.1. The maximum Gasteiger partial charge on any atom is 0.258 e. The van der Waals surface area contributed by atoms with Crippen molar-refractivity contribution in [3.05, 3.63) is 17.0 Å². The quantitative estimate of drug-likeness (QED) is 0.780. The van der Waals surface area contributed by atoms with E-state index >= 15 is 0 Å². The summed E-state index contributed by atoms with van der Waals surface area (Å²) >= 11 is 0. The standard InChI is InChI=1S/C12H17N3O/c1-5-7-15(8-6-2)12(16)11-9(3)13-14-10(11)4/h1H,6-8H2,2-4H3,(H,13,14). The Bertz CT molecular complexity index is 395. The average Bonchev–Trinajstić information content (AvgIpc) is 2.57. The van der Waals surface area contributed by atoms with E-state index in [1.165, 1.54) is 0 Å². The monoisotopic (exact) mass is 219 g/mol. The minimum absolute atomic E-state index is 0.0384. The topological polar surface area (TPSA) is 49.0 Å². The van der Waals surface area contributed by atoms with Gasteiger partial charge in [-0.1, -0.05) is 12.8 Å². The Balaban J connectivity index is 2.95. The fraction of sp³-hybridized carbons (Fsp3) is 0.500. The highest BCUT2D eigenvalue weighted by molar-refractivity contribution is 5.96. The van der Waals surface area contributed by atoms with Gasteiger partial charge in [-0.3, -0.25) is 9.89 Å². The third kappa shape index (κ3) is 2.43. The molecule has 4 heteroatoms. The lowest BCUT2D eigenvalue weighted by Gasteiger charge is -2.19. The molecule has 1 N–H and O–H groups in total. The Morgan fingerprint density at radius 3 is 2.69 bits per heavy atom. The molecule has 1 amide bonds. The predicted octanol–water partition coefficient (Wildman–Crippen LogP) is 1.51. The van der Waals surface area contributed by atoms with Crippen LogP contribution in [0.2, 0.25) is 0 Å². The minimum atomic E-state index is -0.0384. The Hall–Kier alpha value is -1.76. The van der Waals surface area contributed by atoms with Crippen LogP contribution >= 0.6 is 0 Å². The van der Waals surface area contributed by atoms with Gasteiger partial charge in [0.1, 0.15) is 0 Å². The van der Waals surface area contributed by atoms with Gasteiger partial charge in [-0.15, -0.1) is 6.42 Å². The molecule has 0 bridgehead atoms. The molecule has 0 saturated heterocycles. The van der Waals surface area contributed by atoms with Gasteiger partial charge in [0.05, 0.1) is 17.8 Å². The number of H-pyrrole nitrogens is 1. The number of aromatic amines is 1. The van der Waals surface area contributed by atoms with Crippen molar-refractivity contribution >= 4 is 5.91 Å². The summed E-state index contributed by atoms with van der Waals surface area (Å²) in [5.74, 6) is 2.47. The van der Waals surface area contributed by atoms with Crippen molar-refractivity contribution in [2.24, 2.45) is 0 Å². The first-order valence-corrected chi connectivity index (χ1v) is 5.36. The molecule has 16 heavy (non-hydrogen) atoms. The SMILES string of the molecule is C#CCN(CCC)C(=O)c1c(C)n[nH]c1C. The average molecular weight is 219 g/mol. The molecule has 0 radical (unpaired) electrons. The molecule has 1 heterocycles. The van der Waals surface area contributed by atoms with Gasteiger partial charge in [-0.25, -0.2) is 0 Å². The van der Waals surface area contributed by atoms with Crippen LogP contribution in [0.3, 0.4) is 0 Å². The molecule has 1 rings (SSSR count). The summed E-state index contributed by atoms with van der Waals surface area (Å²) in [4.78, 5) is 13.9. The molecule has 0 fully saturated rings. The van der Waals surface area contributed by atoms with Gasteiger partial charge >= 0.3 is 0 Å². The highest BCUT2D eigenvalue weighted by Crippen LogP contribution is 2.12. The summed E-state index contributed by atoms with van der Waals surface area (Å²) in [6.07, 6.45) is 6.15. The predicted molar refractivity (Wildman–Crippen MR) is 63.1 cm³/mol. The summed E-state index contributed by atoms with van der Waals surface area (Å²) in [5.41, 5.74) is 2.16. The second kappa shape index (κ2) is 5.36. The molecular formula is C12H17N3O. The molecule has 0 aliphatic carbocycles. The molecule has 86 valence electrons. The van der Waals surface area contributed by atoms with Crippen LogP contribution in [0.15, 0.2) is 0 Å². The van der Waals surface area contributed by atoms with E-state index in [1.807, 2.05) is 20.8 Å². The summed E-state index contributed by atoms with van der Waals surface area (Å²) < 4.78 is 0. The van der Waals surface area contributed by atoms with Crippen LogP contribution in [0.4, 0.5) is 0 Å². The van der Waals surface area contributed by atoms with E-state index in [1.54, 1.807) is 4.90 Å². The molecule has 0 spiro atoms. The van der Waals surface area contributed by atoms with Gasteiger partial charge in [0.25, 0.3) is 5.91 Å². The molecule has 0 unspecified atom stereocenters. The molecule has 0 atom stereocenters. The molecule has 1 aromatic heterocycles. The van der Waals surface area contributed by atoms with Crippen LogP contribution in [0.5, 0.6) is 0 Å². The van der Waals surface area contributed by atoms with Crippen LogP contribution in [0.25, 0.3) is 0 Å². The number of rotatable bonds is 4. The lowest BCUT2D eigenvalue weighted by Crippen LogP contribution is -2.32. The first-order valence-electron chi connectivity index (χ1n) is 5.36. The summed E-state index contributed by atoms with van der Waals surface area (Å²) in [6.45, 7) is 6.69. The molecule has 0 aliphatic rings. The first-order chi connectivity index (χ1) is 7.61. The Morgan fingerprint density at radius 2 is 2.25 bits per heavy atom.